The quantitative estimate of drug-likeness (QED) is 0.680. The minimum Gasteiger partial charge on any atom is -0.376 e. The third-order valence-electron chi connectivity index (χ3n) is 1.99. The minimum atomic E-state index is -0.392. The number of nitrogens with two attached hydrogens (primary N) is 1. The Labute approximate surface area is 88.5 Å². The molecular weight excluding hydrogens is 192 g/mol. The lowest BCUT2D eigenvalue weighted by Crippen LogP contribution is -2.23. The number of rotatable bonds is 6. The Kier molecular flexibility index (Phi) is 4.34. The maximum atomic E-state index is 10.7. The lowest BCUT2D eigenvalue weighted by atomic mass is 10.1. The van der Waals surface area contributed by atoms with Crippen LogP contribution in [0.3, 0.4) is 0 Å². The number of nitrogens with one attached hydrogen (secondary N) is 1. The van der Waals surface area contributed by atoms with Gasteiger partial charge in [-0.05, 0) is 18.6 Å². The summed E-state index contributed by atoms with van der Waals surface area (Å²) in [6.45, 7) is 0. The van der Waals surface area contributed by atoms with Gasteiger partial charge in [-0.1, -0.05) is 18.2 Å². The van der Waals surface area contributed by atoms with Crippen LogP contribution in [-0.4, -0.2) is 18.2 Å². The first-order valence-electron chi connectivity index (χ1n) is 4.77. The molecule has 4 heteroatoms. The summed E-state index contributed by atoms with van der Waals surface area (Å²) in [7, 11) is 0. The van der Waals surface area contributed by atoms with E-state index in [9.17, 15) is 9.59 Å². The van der Waals surface area contributed by atoms with E-state index in [0.29, 0.717) is 6.42 Å². The normalized spacial score (nSPS) is 11.7. The molecule has 15 heavy (non-hydrogen) atoms. The van der Waals surface area contributed by atoms with E-state index in [4.69, 9.17) is 5.73 Å². The molecule has 0 aliphatic heterocycles. The average molecular weight is 206 g/mol. The van der Waals surface area contributed by atoms with Crippen LogP contribution >= 0.6 is 0 Å². The van der Waals surface area contributed by atoms with E-state index in [-0.39, 0.29) is 12.5 Å². The third kappa shape index (κ3) is 4.26. The average Bonchev–Trinajstić information content (AvgIpc) is 2.25. The van der Waals surface area contributed by atoms with Crippen LogP contribution < -0.4 is 11.1 Å². The fourth-order valence-electron chi connectivity index (χ4n) is 1.22. The van der Waals surface area contributed by atoms with Gasteiger partial charge in [0.1, 0.15) is 6.29 Å². The molecular formula is C11H14N2O2. The van der Waals surface area contributed by atoms with Crippen LogP contribution in [0.2, 0.25) is 0 Å². The summed E-state index contributed by atoms with van der Waals surface area (Å²) in [6.07, 6.45) is 1.42. The number of amides is 1. The summed E-state index contributed by atoms with van der Waals surface area (Å²) in [6, 6.07) is 9.00. The van der Waals surface area contributed by atoms with Gasteiger partial charge >= 0.3 is 0 Å². The van der Waals surface area contributed by atoms with Gasteiger partial charge in [0.25, 0.3) is 0 Å². The summed E-state index contributed by atoms with van der Waals surface area (Å²) in [4.78, 5) is 21.3. The largest absolute Gasteiger partial charge is 0.376 e. The number of carbonyl (C=O) groups is 2. The molecule has 0 bridgehead atoms. The predicted molar refractivity (Wildman–Crippen MR) is 58.3 cm³/mol. The van der Waals surface area contributed by atoms with Crippen molar-refractivity contribution >= 4 is 17.9 Å². The first-order valence-corrected chi connectivity index (χ1v) is 4.77. The zero-order valence-electron chi connectivity index (χ0n) is 8.35. The molecule has 80 valence electrons. The van der Waals surface area contributed by atoms with Crippen molar-refractivity contribution in [1.29, 1.82) is 0 Å². The smallest absolute Gasteiger partial charge is 0.217 e. The second kappa shape index (κ2) is 5.80. The lowest BCUT2D eigenvalue weighted by molar-refractivity contribution is -0.118. The highest BCUT2D eigenvalue weighted by Gasteiger charge is 2.07. The van der Waals surface area contributed by atoms with Crippen LogP contribution in [0.15, 0.2) is 30.3 Å². The Morgan fingerprint density at radius 1 is 1.40 bits per heavy atom. The van der Waals surface area contributed by atoms with E-state index >= 15 is 0 Å². The van der Waals surface area contributed by atoms with Crippen molar-refractivity contribution < 1.29 is 9.59 Å². The molecule has 4 nitrogen and oxygen atoms in total. The number of aldehydes is 1. The van der Waals surface area contributed by atoms with Crippen molar-refractivity contribution in [2.24, 2.45) is 5.73 Å². The molecule has 0 fully saturated rings. The second-order valence-corrected chi connectivity index (χ2v) is 3.26. The van der Waals surface area contributed by atoms with Crippen LogP contribution in [0.4, 0.5) is 5.69 Å². The van der Waals surface area contributed by atoms with Crippen LogP contribution in [0.1, 0.15) is 12.8 Å². The van der Waals surface area contributed by atoms with Crippen molar-refractivity contribution in [2.45, 2.75) is 18.9 Å². The SMILES string of the molecule is NC(=O)CC[C@@H](C=O)Nc1ccccc1. The maximum Gasteiger partial charge on any atom is 0.217 e. The van der Waals surface area contributed by atoms with E-state index in [1.807, 2.05) is 30.3 Å². The summed E-state index contributed by atoms with van der Waals surface area (Å²) in [5.41, 5.74) is 5.87. The molecule has 0 spiro atoms. The molecule has 0 radical (unpaired) electrons. The van der Waals surface area contributed by atoms with Gasteiger partial charge in [-0.3, -0.25) is 4.79 Å². The van der Waals surface area contributed by atoms with Gasteiger partial charge in [0, 0.05) is 12.1 Å². The van der Waals surface area contributed by atoms with Crippen LogP contribution in [0, 0.1) is 0 Å². The standard InChI is InChI=1S/C11H14N2O2/c12-11(15)7-6-10(8-14)13-9-4-2-1-3-5-9/h1-5,8,10,13H,6-7H2,(H2,12,15)/t10-/m0/s1. The van der Waals surface area contributed by atoms with Crippen molar-refractivity contribution in [3.05, 3.63) is 30.3 Å². The van der Waals surface area contributed by atoms with Gasteiger partial charge in [0.05, 0.1) is 6.04 Å². The first-order chi connectivity index (χ1) is 7.22. The Balaban J connectivity index is 2.47. The van der Waals surface area contributed by atoms with E-state index in [1.54, 1.807) is 0 Å². The number of benzene rings is 1. The van der Waals surface area contributed by atoms with Crippen molar-refractivity contribution in [3.8, 4) is 0 Å². The van der Waals surface area contributed by atoms with Gasteiger partial charge in [-0.2, -0.15) is 0 Å². The van der Waals surface area contributed by atoms with E-state index in [2.05, 4.69) is 5.32 Å². The first kappa shape index (κ1) is 11.2. The maximum absolute atomic E-state index is 10.7. The monoisotopic (exact) mass is 206 g/mol. The van der Waals surface area contributed by atoms with Crippen molar-refractivity contribution in [1.82, 2.24) is 0 Å². The number of anilines is 1. The predicted octanol–water partition coefficient (Wildman–Crippen LogP) is 0.931. The van der Waals surface area contributed by atoms with Gasteiger partial charge < -0.3 is 15.8 Å². The number of carbonyl (C=O) groups excluding carboxylic acids is 2. The molecule has 0 aromatic heterocycles. The zero-order chi connectivity index (χ0) is 11.1. The van der Waals surface area contributed by atoms with Crippen LogP contribution in [0.25, 0.3) is 0 Å². The summed E-state index contributed by atoms with van der Waals surface area (Å²) in [5, 5.41) is 3.01. The molecule has 0 aliphatic rings. The zero-order valence-corrected chi connectivity index (χ0v) is 8.35. The molecule has 3 N–H and O–H groups in total. The molecule has 1 atom stereocenters. The summed E-state index contributed by atoms with van der Waals surface area (Å²) < 4.78 is 0. The summed E-state index contributed by atoms with van der Waals surface area (Å²) in [5.74, 6) is -0.392. The highest BCUT2D eigenvalue weighted by molar-refractivity contribution is 5.75. The molecule has 0 saturated carbocycles. The van der Waals surface area contributed by atoms with Crippen LogP contribution in [0.5, 0.6) is 0 Å². The lowest BCUT2D eigenvalue weighted by Gasteiger charge is -2.12. The van der Waals surface area contributed by atoms with Crippen LogP contribution in [-0.2, 0) is 9.59 Å². The molecule has 1 aromatic rings. The third-order valence-corrected chi connectivity index (χ3v) is 1.99. The summed E-state index contributed by atoms with van der Waals surface area (Å²) >= 11 is 0. The number of para-hydroxylation sites is 1. The second-order valence-electron chi connectivity index (χ2n) is 3.26. The molecule has 0 unspecified atom stereocenters. The highest BCUT2D eigenvalue weighted by atomic mass is 16.1. The topological polar surface area (TPSA) is 72.2 Å². The fourth-order valence-corrected chi connectivity index (χ4v) is 1.22. The van der Waals surface area contributed by atoms with Gasteiger partial charge in [-0.25, -0.2) is 0 Å². The van der Waals surface area contributed by atoms with Gasteiger partial charge in [0.15, 0.2) is 0 Å². The molecule has 0 aliphatic carbocycles. The Morgan fingerprint density at radius 3 is 2.60 bits per heavy atom. The van der Waals surface area contributed by atoms with Crippen molar-refractivity contribution in [3.63, 3.8) is 0 Å². The molecule has 0 saturated heterocycles. The molecule has 1 rings (SSSR count). The van der Waals surface area contributed by atoms with E-state index in [1.165, 1.54) is 0 Å². The highest BCUT2D eigenvalue weighted by Crippen LogP contribution is 2.08. The number of hydrogen-bond donors (Lipinski definition) is 2. The fraction of sp³-hybridized carbons (Fsp3) is 0.273. The van der Waals surface area contributed by atoms with E-state index in [0.717, 1.165) is 12.0 Å². The Bertz CT molecular complexity index is 325. The van der Waals surface area contributed by atoms with Gasteiger partial charge in [-0.15, -0.1) is 0 Å². The minimum absolute atomic E-state index is 0.212. The van der Waals surface area contributed by atoms with E-state index < -0.39 is 5.91 Å². The number of primary amides is 1. The Hall–Kier alpha value is -1.84. The van der Waals surface area contributed by atoms with Gasteiger partial charge in [0.2, 0.25) is 5.91 Å². The molecule has 1 amide bonds. The molecule has 1 aromatic carbocycles. The number of hydrogen-bond acceptors (Lipinski definition) is 3. The Morgan fingerprint density at radius 2 is 2.07 bits per heavy atom. The molecule has 0 heterocycles. The van der Waals surface area contributed by atoms with Crippen molar-refractivity contribution in [2.75, 3.05) is 5.32 Å².